The number of morpholine rings is 1. The fraction of sp³-hybridized carbons (Fsp3) is 0.667. The summed E-state index contributed by atoms with van der Waals surface area (Å²) in [5, 5.41) is 3.64. The fourth-order valence-corrected chi connectivity index (χ4v) is 4.09. The number of guanidine groups is 1. The largest absolute Gasteiger partial charge is 0.385 e. The van der Waals surface area contributed by atoms with Crippen molar-refractivity contribution < 1.29 is 9.47 Å². The van der Waals surface area contributed by atoms with Crippen LogP contribution in [0.1, 0.15) is 42.9 Å². The fourth-order valence-electron chi connectivity index (χ4n) is 4.09. The first-order chi connectivity index (χ1) is 12.7. The van der Waals surface area contributed by atoms with E-state index in [0.29, 0.717) is 5.41 Å². The number of ether oxygens (including phenoxy) is 2. The molecule has 3 rings (SSSR count). The average Bonchev–Trinajstić information content (AvgIpc) is 2.64. The molecule has 1 saturated carbocycles. The van der Waals surface area contributed by atoms with Gasteiger partial charge in [-0.3, -0.25) is 4.99 Å². The lowest BCUT2D eigenvalue weighted by molar-refractivity contribution is -0.00890. The number of rotatable bonds is 6. The van der Waals surface area contributed by atoms with E-state index in [4.69, 9.17) is 9.47 Å². The molecule has 5 nitrogen and oxygen atoms in total. The maximum Gasteiger partial charge on any atom is 0.193 e. The topological polar surface area (TPSA) is 46.1 Å². The van der Waals surface area contributed by atoms with Crippen LogP contribution in [0.15, 0.2) is 29.3 Å². The van der Waals surface area contributed by atoms with E-state index in [2.05, 4.69) is 46.4 Å². The van der Waals surface area contributed by atoms with Crippen molar-refractivity contribution in [2.75, 3.05) is 47.0 Å². The van der Waals surface area contributed by atoms with E-state index < -0.39 is 0 Å². The molecule has 5 heteroatoms. The van der Waals surface area contributed by atoms with Gasteiger partial charge < -0.3 is 19.7 Å². The van der Waals surface area contributed by atoms with Crippen molar-refractivity contribution in [1.29, 1.82) is 0 Å². The molecule has 144 valence electrons. The number of aryl methyl sites for hydroxylation is 1. The van der Waals surface area contributed by atoms with Crippen LogP contribution in [0.5, 0.6) is 0 Å². The molecule has 26 heavy (non-hydrogen) atoms. The van der Waals surface area contributed by atoms with Crippen LogP contribution in [0, 0.1) is 12.3 Å². The Kier molecular flexibility index (Phi) is 6.54. The van der Waals surface area contributed by atoms with E-state index in [-0.39, 0.29) is 6.10 Å². The van der Waals surface area contributed by atoms with Gasteiger partial charge in [-0.15, -0.1) is 0 Å². The van der Waals surface area contributed by atoms with Crippen LogP contribution in [0.2, 0.25) is 0 Å². The van der Waals surface area contributed by atoms with Gasteiger partial charge in [0.1, 0.15) is 6.10 Å². The number of aliphatic imine (C=N–C) groups is 1. The SMILES string of the molecule is CN=C(NCC1(CCOC)CCC1)N1CCOC(c2ccccc2C)C1. The van der Waals surface area contributed by atoms with Crippen LogP contribution in [-0.4, -0.2) is 57.9 Å². The first kappa shape index (κ1) is 19.2. The summed E-state index contributed by atoms with van der Waals surface area (Å²) in [5.74, 6) is 0.996. The summed E-state index contributed by atoms with van der Waals surface area (Å²) in [6.07, 6.45) is 5.14. The van der Waals surface area contributed by atoms with Crippen molar-refractivity contribution in [2.45, 2.75) is 38.7 Å². The van der Waals surface area contributed by atoms with Gasteiger partial charge >= 0.3 is 0 Å². The molecular weight excluding hydrogens is 326 g/mol. The molecule has 0 bridgehead atoms. The molecule has 1 aromatic carbocycles. The predicted octanol–water partition coefficient (Wildman–Crippen LogP) is 3.15. The molecule has 2 aliphatic rings. The summed E-state index contributed by atoms with van der Waals surface area (Å²) in [6.45, 7) is 6.43. The van der Waals surface area contributed by atoms with Crippen LogP contribution in [0.4, 0.5) is 0 Å². The highest BCUT2D eigenvalue weighted by Gasteiger charge is 2.37. The Morgan fingerprint density at radius 1 is 1.38 bits per heavy atom. The zero-order valence-corrected chi connectivity index (χ0v) is 16.5. The normalized spacial score (nSPS) is 22.8. The zero-order chi connectivity index (χ0) is 18.4. The molecule has 1 saturated heterocycles. The van der Waals surface area contributed by atoms with Crippen molar-refractivity contribution in [3.05, 3.63) is 35.4 Å². The van der Waals surface area contributed by atoms with Gasteiger partial charge in [0.05, 0.1) is 13.2 Å². The Morgan fingerprint density at radius 3 is 2.85 bits per heavy atom. The first-order valence-corrected chi connectivity index (χ1v) is 9.79. The second-order valence-electron chi connectivity index (χ2n) is 7.66. The van der Waals surface area contributed by atoms with Crippen molar-refractivity contribution in [1.82, 2.24) is 10.2 Å². The highest BCUT2D eigenvalue weighted by Crippen LogP contribution is 2.43. The van der Waals surface area contributed by atoms with E-state index in [1.165, 1.54) is 30.4 Å². The quantitative estimate of drug-likeness (QED) is 0.626. The number of hydrogen-bond acceptors (Lipinski definition) is 3. The highest BCUT2D eigenvalue weighted by molar-refractivity contribution is 5.80. The summed E-state index contributed by atoms with van der Waals surface area (Å²) >= 11 is 0. The van der Waals surface area contributed by atoms with E-state index >= 15 is 0 Å². The monoisotopic (exact) mass is 359 g/mol. The number of hydrogen-bond donors (Lipinski definition) is 1. The summed E-state index contributed by atoms with van der Waals surface area (Å²) < 4.78 is 11.4. The molecule has 0 aromatic heterocycles. The molecule has 1 unspecified atom stereocenters. The molecule has 1 aromatic rings. The second-order valence-corrected chi connectivity index (χ2v) is 7.66. The van der Waals surface area contributed by atoms with Gasteiger partial charge in [0, 0.05) is 33.9 Å². The van der Waals surface area contributed by atoms with E-state index in [1.54, 1.807) is 7.11 Å². The Labute approximate surface area is 157 Å². The maximum absolute atomic E-state index is 6.06. The lowest BCUT2D eigenvalue weighted by atomic mass is 9.67. The molecule has 0 radical (unpaired) electrons. The molecular formula is C21H33N3O2. The van der Waals surface area contributed by atoms with Gasteiger partial charge in [-0.05, 0) is 42.7 Å². The zero-order valence-electron chi connectivity index (χ0n) is 16.5. The van der Waals surface area contributed by atoms with Crippen LogP contribution >= 0.6 is 0 Å². The minimum absolute atomic E-state index is 0.106. The standard InChI is InChI=1S/C21H33N3O2/c1-17-7-4-5-8-18(17)19-15-24(12-14-26-19)20(22-2)23-16-21(9-6-10-21)11-13-25-3/h4-5,7-8,19H,6,9-16H2,1-3H3,(H,22,23). The van der Waals surface area contributed by atoms with Crippen LogP contribution in [0.25, 0.3) is 0 Å². The Balaban J connectivity index is 1.60. The van der Waals surface area contributed by atoms with Gasteiger partial charge in [0.15, 0.2) is 5.96 Å². The van der Waals surface area contributed by atoms with Crippen molar-refractivity contribution in [3.8, 4) is 0 Å². The van der Waals surface area contributed by atoms with Crippen LogP contribution in [-0.2, 0) is 9.47 Å². The number of nitrogens with one attached hydrogen (secondary N) is 1. The molecule has 1 atom stereocenters. The smallest absolute Gasteiger partial charge is 0.193 e. The third-order valence-electron chi connectivity index (χ3n) is 5.99. The van der Waals surface area contributed by atoms with Gasteiger partial charge in [0.25, 0.3) is 0 Å². The van der Waals surface area contributed by atoms with Crippen LogP contribution in [0.3, 0.4) is 0 Å². The Hall–Kier alpha value is -1.59. The Bertz CT molecular complexity index is 613. The molecule has 2 fully saturated rings. The first-order valence-electron chi connectivity index (χ1n) is 9.79. The molecule has 1 aliphatic carbocycles. The number of nitrogens with zero attached hydrogens (tertiary/aromatic N) is 2. The van der Waals surface area contributed by atoms with Crippen molar-refractivity contribution >= 4 is 5.96 Å². The van der Waals surface area contributed by atoms with E-state index in [1.807, 2.05) is 7.05 Å². The van der Waals surface area contributed by atoms with Crippen molar-refractivity contribution in [2.24, 2.45) is 10.4 Å². The molecule has 1 aliphatic heterocycles. The number of benzene rings is 1. The molecule has 1 heterocycles. The second kappa shape index (κ2) is 8.87. The minimum Gasteiger partial charge on any atom is -0.385 e. The summed E-state index contributed by atoms with van der Waals surface area (Å²) in [6, 6.07) is 8.50. The lowest BCUT2D eigenvalue weighted by Crippen LogP contribution is -2.51. The summed E-state index contributed by atoms with van der Waals surface area (Å²) in [7, 11) is 3.67. The third kappa shape index (κ3) is 4.38. The van der Waals surface area contributed by atoms with Crippen molar-refractivity contribution in [3.63, 3.8) is 0 Å². The summed E-state index contributed by atoms with van der Waals surface area (Å²) in [4.78, 5) is 6.89. The van der Waals surface area contributed by atoms with E-state index in [0.717, 1.165) is 45.2 Å². The van der Waals surface area contributed by atoms with Gasteiger partial charge in [0.2, 0.25) is 0 Å². The van der Waals surface area contributed by atoms with Gasteiger partial charge in [-0.1, -0.05) is 30.7 Å². The average molecular weight is 360 g/mol. The van der Waals surface area contributed by atoms with Crippen LogP contribution < -0.4 is 5.32 Å². The Morgan fingerprint density at radius 2 is 2.19 bits per heavy atom. The van der Waals surface area contributed by atoms with Gasteiger partial charge in [-0.2, -0.15) is 0 Å². The predicted molar refractivity (Wildman–Crippen MR) is 106 cm³/mol. The third-order valence-corrected chi connectivity index (χ3v) is 5.99. The highest BCUT2D eigenvalue weighted by atomic mass is 16.5. The summed E-state index contributed by atoms with van der Waals surface area (Å²) in [5.41, 5.74) is 2.95. The molecule has 0 amide bonds. The minimum atomic E-state index is 0.106. The maximum atomic E-state index is 6.06. The van der Waals surface area contributed by atoms with Gasteiger partial charge in [-0.25, -0.2) is 0 Å². The molecule has 1 N–H and O–H groups in total. The number of methoxy groups -OCH3 is 1. The van der Waals surface area contributed by atoms with E-state index in [9.17, 15) is 0 Å². The lowest BCUT2D eigenvalue weighted by Gasteiger charge is -2.43. The molecule has 0 spiro atoms.